The first-order valence-electron chi connectivity index (χ1n) is 4.06. The van der Waals surface area contributed by atoms with Gasteiger partial charge in [0.25, 0.3) is 0 Å². The van der Waals surface area contributed by atoms with E-state index < -0.39 is 0 Å². The van der Waals surface area contributed by atoms with Crippen LogP contribution in [-0.2, 0) is 0 Å². The Kier molecular flexibility index (Phi) is 3.19. The first-order chi connectivity index (χ1) is 6.09. The van der Waals surface area contributed by atoms with Gasteiger partial charge in [0.2, 0.25) is 5.11 Å². The first-order valence-corrected chi connectivity index (χ1v) is 4.46. The Morgan fingerprint density at radius 3 is 2.38 bits per heavy atom. The molecule has 0 saturated carbocycles. The van der Waals surface area contributed by atoms with Crippen molar-refractivity contribution in [2.75, 3.05) is 19.5 Å². The molecule has 1 rings (SSSR count). The summed E-state index contributed by atoms with van der Waals surface area (Å²) in [6.45, 7) is 2.05. The number of thiocarbonyl (C=S) groups is 1. The van der Waals surface area contributed by atoms with Gasteiger partial charge in [0.1, 0.15) is 0 Å². The number of nitrogens with one attached hydrogen (secondary N) is 1. The van der Waals surface area contributed by atoms with Crippen molar-refractivity contribution >= 4 is 17.3 Å². The summed E-state index contributed by atoms with van der Waals surface area (Å²) in [6, 6.07) is 4.04. The van der Waals surface area contributed by atoms with Gasteiger partial charge in [0.15, 0.2) is 12.4 Å². The van der Waals surface area contributed by atoms with Crippen molar-refractivity contribution in [2.24, 2.45) is 0 Å². The fourth-order valence-electron chi connectivity index (χ4n) is 0.786. The van der Waals surface area contributed by atoms with Gasteiger partial charge in [-0.25, -0.2) is 0 Å². The largest absolute Gasteiger partial charge is 0.351 e. The third-order valence-electron chi connectivity index (χ3n) is 1.63. The van der Waals surface area contributed by atoms with Crippen molar-refractivity contribution in [2.45, 2.75) is 6.92 Å². The van der Waals surface area contributed by atoms with E-state index in [1.165, 1.54) is 5.56 Å². The SMILES string of the molecule is Cc1cc[n+](NC(=S)N(C)C)cc1. The van der Waals surface area contributed by atoms with Gasteiger partial charge in [-0.05, 0) is 24.7 Å². The van der Waals surface area contributed by atoms with Crippen molar-refractivity contribution in [3.8, 4) is 0 Å². The summed E-state index contributed by atoms with van der Waals surface area (Å²) in [6.07, 6.45) is 3.87. The van der Waals surface area contributed by atoms with Crippen LogP contribution in [0, 0.1) is 6.92 Å². The molecule has 0 saturated heterocycles. The molecule has 0 aliphatic rings. The molecule has 0 unspecified atom stereocenters. The molecule has 13 heavy (non-hydrogen) atoms. The van der Waals surface area contributed by atoms with Crippen molar-refractivity contribution in [1.29, 1.82) is 0 Å². The maximum absolute atomic E-state index is 5.09. The number of pyridine rings is 1. The van der Waals surface area contributed by atoms with Crippen LogP contribution in [0.4, 0.5) is 0 Å². The molecule has 4 heteroatoms. The van der Waals surface area contributed by atoms with Crippen molar-refractivity contribution in [3.05, 3.63) is 30.1 Å². The Labute approximate surface area is 84.0 Å². The standard InChI is InChI=1S/C9H13N3S/c1-8-4-6-12(7-5-8)10-9(13)11(2)3/h4-7H,1-3H3/p+1. The lowest BCUT2D eigenvalue weighted by atomic mass is 10.3. The van der Waals surface area contributed by atoms with Crippen LogP contribution in [0.15, 0.2) is 24.5 Å². The van der Waals surface area contributed by atoms with E-state index in [1.807, 2.05) is 48.2 Å². The molecule has 0 bridgehead atoms. The molecule has 1 N–H and O–H groups in total. The number of rotatable bonds is 1. The molecule has 0 aliphatic carbocycles. The third kappa shape index (κ3) is 2.99. The minimum atomic E-state index is 0.689. The zero-order valence-corrected chi connectivity index (χ0v) is 8.93. The van der Waals surface area contributed by atoms with Crippen LogP contribution >= 0.6 is 12.2 Å². The van der Waals surface area contributed by atoms with E-state index in [-0.39, 0.29) is 0 Å². The zero-order chi connectivity index (χ0) is 9.84. The van der Waals surface area contributed by atoms with Gasteiger partial charge in [-0.3, -0.25) is 0 Å². The Bertz CT molecular complexity index is 292. The highest BCUT2D eigenvalue weighted by atomic mass is 32.1. The van der Waals surface area contributed by atoms with Gasteiger partial charge < -0.3 is 4.90 Å². The summed E-state index contributed by atoms with van der Waals surface area (Å²) in [5, 5.41) is 0.689. The second kappa shape index (κ2) is 4.18. The molecule has 0 fully saturated rings. The Morgan fingerprint density at radius 2 is 1.92 bits per heavy atom. The van der Waals surface area contributed by atoms with Gasteiger partial charge >= 0.3 is 0 Å². The van der Waals surface area contributed by atoms with Crippen molar-refractivity contribution in [3.63, 3.8) is 0 Å². The van der Waals surface area contributed by atoms with E-state index in [4.69, 9.17) is 12.2 Å². The zero-order valence-electron chi connectivity index (χ0n) is 8.11. The molecular formula is C9H14N3S+. The lowest BCUT2D eigenvalue weighted by Gasteiger charge is -2.10. The van der Waals surface area contributed by atoms with Gasteiger partial charge in [-0.1, -0.05) is 4.68 Å². The molecule has 70 valence electrons. The van der Waals surface area contributed by atoms with E-state index >= 15 is 0 Å². The van der Waals surface area contributed by atoms with Crippen LogP contribution in [0.3, 0.4) is 0 Å². The molecule has 0 atom stereocenters. The van der Waals surface area contributed by atoms with Gasteiger partial charge in [0.05, 0.1) is 0 Å². The van der Waals surface area contributed by atoms with E-state index in [2.05, 4.69) is 12.3 Å². The lowest BCUT2D eigenvalue weighted by Crippen LogP contribution is -2.50. The van der Waals surface area contributed by atoms with Crippen LogP contribution in [0.5, 0.6) is 0 Å². The second-order valence-electron chi connectivity index (χ2n) is 3.09. The summed E-state index contributed by atoms with van der Waals surface area (Å²) in [5.74, 6) is 0. The lowest BCUT2D eigenvalue weighted by molar-refractivity contribution is -0.640. The fourth-order valence-corrected chi connectivity index (χ4v) is 0.891. The highest BCUT2D eigenvalue weighted by Crippen LogP contribution is 1.88. The van der Waals surface area contributed by atoms with E-state index in [0.717, 1.165) is 0 Å². The minimum absolute atomic E-state index is 0.689. The average molecular weight is 196 g/mol. The summed E-state index contributed by atoms with van der Waals surface area (Å²) < 4.78 is 1.83. The number of hydrogen-bond acceptors (Lipinski definition) is 1. The molecular weight excluding hydrogens is 182 g/mol. The smallest absolute Gasteiger partial charge is 0.226 e. The summed E-state index contributed by atoms with van der Waals surface area (Å²) in [5.41, 5.74) is 4.27. The molecule has 0 spiro atoms. The molecule has 0 aromatic carbocycles. The molecule has 3 nitrogen and oxygen atoms in total. The maximum atomic E-state index is 5.09. The molecule has 1 aromatic rings. The Hall–Kier alpha value is -1.16. The molecule has 0 amide bonds. The van der Waals surface area contributed by atoms with Crippen molar-refractivity contribution < 1.29 is 4.68 Å². The first kappa shape index (κ1) is 9.92. The monoisotopic (exact) mass is 196 g/mol. The van der Waals surface area contributed by atoms with E-state index in [9.17, 15) is 0 Å². The van der Waals surface area contributed by atoms with Gasteiger partial charge in [-0.15, -0.1) is 5.43 Å². The third-order valence-corrected chi connectivity index (χ3v) is 2.08. The Balaban J connectivity index is 2.65. The van der Waals surface area contributed by atoms with E-state index in [0.29, 0.717) is 5.11 Å². The quantitative estimate of drug-likeness (QED) is 0.526. The van der Waals surface area contributed by atoms with Crippen LogP contribution in [0.1, 0.15) is 5.56 Å². The second-order valence-corrected chi connectivity index (χ2v) is 3.48. The molecule has 0 radical (unpaired) electrons. The fraction of sp³-hybridized carbons (Fsp3) is 0.333. The number of aromatic nitrogens is 1. The maximum Gasteiger partial charge on any atom is 0.226 e. The number of nitrogens with zero attached hydrogens (tertiary/aromatic N) is 2. The van der Waals surface area contributed by atoms with Crippen LogP contribution in [-0.4, -0.2) is 24.1 Å². The van der Waals surface area contributed by atoms with Crippen molar-refractivity contribution in [1.82, 2.24) is 4.90 Å². The minimum Gasteiger partial charge on any atom is -0.351 e. The Morgan fingerprint density at radius 1 is 1.38 bits per heavy atom. The molecule has 1 aromatic heterocycles. The number of hydrogen-bond donors (Lipinski definition) is 1. The number of aryl methyl sites for hydroxylation is 1. The predicted octanol–water partition coefficient (Wildman–Crippen LogP) is 0.673. The summed E-state index contributed by atoms with van der Waals surface area (Å²) >= 11 is 5.09. The van der Waals surface area contributed by atoms with Crippen LogP contribution in [0.25, 0.3) is 0 Å². The van der Waals surface area contributed by atoms with Gasteiger partial charge in [-0.2, -0.15) is 0 Å². The summed E-state index contributed by atoms with van der Waals surface area (Å²) in [4.78, 5) is 1.85. The van der Waals surface area contributed by atoms with Gasteiger partial charge in [0, 0.05) is 26.2 Å². The normalized spacial score (nSPS) is 9.46. The highest BCUT2D eigenvalue weighted by molar-refractivity contribution is 7.80. The molecule has 1 heterocycles. The summed E-state index contributed by atoms with van der Waals surface area (Å²) in [7, 11) is 3.81. The van der Waals surface area contributed by atoms with E-state index in [1.54, 1.807) is 0 Å². The van der Waals surface area contributed by atoms with Crippen LogP contribution in [0.2, 0.25) is 0 Å². The predicted molar refractivity (Wildman–Crippen MR) is 57.0 cm³/mol. The topological polar surface area (TPSA) is 19.1 Å². The average Bonchev–Trinajstić information content (AvgIpc) is 2.08. The molecule has 0 aliphatic heterocycles. The highest BCUT2D eigenvalue weighted by Gasteiger charge is 2.03. The van der Waals surface area contributed by atoms with Crippen LogP contribution < -0.4 is 10.1 Å².